The Morgan fingerprint density at radius 1 is 1.31 bits per heavy atom. The molecule has 0 bridgehead atoms. The maximum Gasteiger partial charge on any atom is 0.155 e. The van der Waals surface area contributed by atoms with Crippen molar-refractivity contribution in [3.63, 3.8) is 0 Å². The normalized spacial score (nSPS) is 11.4. The largest absolute Gasteiger partial charge is 0.295 e. The van der Waals surface area contributed by atoms with Crippen molar-refractivity contribution >= 4 is 5.78 Å². The van der Waals surface area contributed by atoms with Gasteiger partial charge in [0.1, 0.15) is 0 Å². The first-order valence-corrected chi connectivity index (χ1v) is 5.36. The molecule has 0 spiro atoms. The second-order valence-corrected chi connectivity index (χ2v) is 3.96. The summed E-state index contributed by atoms with van der Waals surface area (Å²) in [6.45, 7) is 6.33. The lowest BCUT2D eigenvalue weighted by molar-refractivity contribution is -0.115. The van der Waals surface area contributed by atoms with E-state index in [1.54, 1.807) is 6.08 Å². The third-order valence-corrected chi connectivity index (χ3v) is 1.89. The molecular weight excluding hydrogens is 160 g/mol. The maximum absolute atomic E-state index is 11.2. The van der Waals surface area contributed by atoms with Gasteiger partial charge in [-0.05, 0) is 24.8 Å². The molecule has 1 nitrogen and oxygen atoms in total. The molecule has 0 aromatic rings. The van der Waals surface area contributed by atoms with E-state index in [1.807, 2.05) is 6.08 Å². The Morgan fingerprint density at radius 2 is 2.00 bits per heavy atom. The Kier molecular flexibility index (Phi) is 7.66. The smallest absolute Gasteiger partial charge is 0.155 e. The molecule has 0 aromatic carbocycles. The first kappa shape index (κ1) is 12.4. The number of ketones is 1. The first-order chi connectivity index (χ1) is 6.16. The fourth-order valence-corrected chi connectivity index (χ4v) is 1.20. The van der Waals surface area contributed by atoms with Crippen LogP contribution in [0.1, 0.15) is 52.9 Å². The van der Waals surface area contributed by atoms with E-state index in [0.717, 1.165) is 6.42 Å². The summed E-state index contributed by atoms with van der Waals surface area (Å²) in [7, 11) is 0. The van der Waals surface area contributed by atoms with Gasteiger partial charge in [-0.1, -0.05) is 39.7 Å². The summed E-state index contributed by atoms with van der Waals surface area (Å²) in [5.74, 6) is 0.749. The maximum atomic E-state index is 11.2. The predicted octanol–water partition coefficient (Wildman–Crippen LogP) is 3.74. The van der Waals surface area contributed by atoms with Crippen LogP contribution in [-0.4, -0.2) is 5.78 Å². The van der Waals surface area contributed by atoms with Crippen molar-refractivity contribution in [2.24, 2.45) is 5.92 Å². The van der Waals surface area contributed by atoms with Gasteiger partial charge >= 0.3 is 0 Å². The van der Waals surface area contributed by atoms with Crippen molar-refractivity contribution in [2.75, 3.05) is 0 Å². The molecule has 0 amide bonds. The highest BCUT2D eigenvalue weighted by atomic mass is 16.1. The SMILES string of the molecule is CCCCC/C=C/C(=O)CC(C)C. The van der Waals surface area contributed by atoms with Crippen LogP contribution in [0, 0.1) is 5.92 Å². The van der Waals surface area contributed by atoms with Crippen molar-refractivity contribution in [1.29, 1.82) is 0 Å². The number of hydrogen-bond donors (Lipinski definition) is 0. The van der Waals surface area contributed by atoms with Gasteiger partial charge in [0.25, 0.3) is 0 Å². The van der Waals surface area contributed by atoms with E-state index in [-0.39, 0.29) is 5.78 Å². The molecule has 0 atom stereocenters. The zero-order valence-electron chi connectivity index (χ0n) is 9.18. The monoisotopic (exact) mass is 182 g/mol. The number of rotatable bonds is 7. The van der Waals surface area contributed by atoms with Crippen molar-refractivity contribution in [1.82, 2.24) is 0 Å². The van der Waals surface area contributed by atoms with E-state index >= 15 is 0 Å². The molecule has 0 unspecified atom stereocenters. The molecule has 0 saturated carbocycles. The van der Waals surface area contributed by atoms with Crippen LogP contribution in [0.25, 0.3) is 0 Å². The quantitative estimate of drug-likeness (QED) is 0.433. The van der Waals surface area contributed by atoms with Gasteiger partial charge in [0, 0.05) is 6.42 Å². The third-order valence-electron chi connectivity index (χ3n) is 1.89. The lowest BCUT2D eigenvalue weighted by Crippen LogP contribution is -1.98. The Morgan fingerprint density at radius 3 is 2.54 bits per heavy atom. The highest BCUT2D eigenvalue weighted by Gasteiger charge is 1.99. The van der Waals surface area contributed by atoms with Gasteiger partial charge in [0.2, 0.25) is 0 Å². The van der Waals surface area contributed by atoms with Crippen LogP contribution in [0.2, 0.25) is 0 Å². The van der Waals surface area contributed by atoms with Gasteiger partial charge in [-0.3, -0.25) is 4.79 Å². The summed E-state index contributed by atoms with van der Waals surface area (Å²) in [5.41, 5.74) is 0. The van der Waals surface area contributed by atoms with E-state index in [0.29, 0.717) is 12.3 Å². The molecular formula is C12H22O. The predicted molar refractivity (Wildman–Crippen MR) is 57.7 cm³/mol. The van der Waals surface area contributed by atoms with Crippen molar-refractivity contribution in [3.05, 3.63) is 12.2 Å². The van der Waals surface area contributed by atoms with E-state index in [2.05, 4.69) is 20.8 Å². The summed E-state index contributed by atoms with van der Waals surface area (Å²) in [6, 6.07) is 0. The average Bonchev–Trinajstić information content (AvgIpc) is 2.02. The van der Waals surface area contributed by atoms with E-state index < -0.39 is 0 Å². The van der Waals surface area contributed by atoms with Crippen LogP contribution in [0.4, 0.5) is 0 Å². The summed E-state index contributed by atoms with van der Waals surface area (Å²) >= 11 is 0. The minimum Gasteiger partial charge on any atom is -0.295 e. The average molecular weight is 182 g/mol. The lowest BCUT2D eigenvalue weighted by atomic mass is 10.1. The molecule has 13 heavy (non-hydrogen) atoms. The number of carbonyl (C=O) groups is 1. The van der Waals surface area contributed by atoms with Crippen molar-refractivity contribution in [3.8, 4) is 0 Å². The molecule has 76 valence electrons. The summed E-state index contributed by atoms with van der Waals surface area (Å²) in [4.78, 5) is 11.2. The molecule has 0 aromatic heterocycles. The standard InChI is InChI=1S/C12H22O/c1-4-5-6-7-8-9-12(13)10-11(2)3/h8-9,11H,4-7,10H2,1-3H3/b9-8+. The Hall–Kier alpha value is -0.590. The minimum absolute atomic E-state index is 0.270. The summed E-state index contributed by atoms with van der Waals surface area (Å²) in [6.07, 6.45) is 9.22. The van der Waals surface area contributed by atoms with E-state index in [1.165, 1.54) is 19.3 Å². The van der Waals surface area contributed by atoms with Crippen LogP contribution in [0.5, 0.6) is 0 Å². The van der Waals surface area contributed by atoms with E-state index in [9.17, 15) is 4.79 Å². The molecule has 0 fully saturated rings. The Balaban J connectivity index is 3.42. The molecule has 0 radical (unpaired) electrons. The molecule has 0 N–H and O–H groups in total. The van der Waals surface area contributed by atoms with Gasteiger partial charge < -0.3 is 0 Å². The first-order valence-electron chi connectivity index (χ1n) is 5.36. The molecule has 0 heterocycles. The van der Waals surface area contributed by atoms with Crippen molar-refractivity contribution < 1.29 is 4.79 Å². The highest BCUT2D eigenvalue weighted by Crippen LogP contribution is 2.03. The van der Waals surface area contributed by atoms with Crippen LogP contribution in [0.15, 0.2) is 12.2 Å². The van der Waals surface area contributed by atoms with Gasteiger partial charge in [-0.2, -0.15) is 0 Å². The fraction of sp³-hybridized carbons (Fsp3) is 0.750. The fourth-order valence-electron chi connectivity index (χ4n) is 1.20. The number of carbonyl (C=O) groups excluding carboxylic acids is 1. The van der Waals surface area contributed by atoms with Crippen molar-refractivity contribution in [2.45, 2.75) is 52.9 Å². The van der Waals surface area contributed by atoms with Gasteiger partial charge in [-0.15, -0.1) is 0 Å². The molecule has 0 aliphatic rings. The zero-order valence-corrected chi connectivity index (χ0v) is 9.18. The second-order valence-electron chi connectivity index (χ2n) is 3.96. The van der Waals surface area contributed by atoms with Crippen LogP contribution >= 0.6 is 0 Å². The summed E-state index contributed by atoms with van der Waals surface area (Å²) in [5, 5.41) is 0. The number of hydrogen-bond acceptors (Lipinski definition) is 1. The van der Waals surface area contributed by atoms with Crippen LogP contribution in [0.3, 0.4) is 0 Å². The number of allylic oxidation sites excluding steroid dienone is 2. The van der Waals surface area contributed by atoms with E-state index in [4.69, 9.17) is 0 Å². The highest BCUT2D eigenvalue weighted by molar-refractivity contribution is 5.89. The molecule has 0 saturated heterocycles. The molecule has 1 heteroatoms. The van der Waals surface area contributed by atoms with Gasteiger partial charge in [-0.25, -0.2) is 0 Å². The third kappa shape index (κ3) is 9.32. The van der Waals surface area contributed by atoms with Crippen LogP contribution in [-0.2, 0) is 4.79 Å². The second kappa shape index (κ2) is 8.03. The zero-order chi connectivity index (χ0) is 10.1. The van der Waals surface area contributed by atoms with Gasteiger partial charge in [0.05, 0.1) is 0 Å². The summed E-state index contributed by atoms with van der Waals surface area (Å²) < 4.78 is 0. The topological polar surface area (TPSA) is 17.1 Å². The Labute approximate surface area is 82.2 Å². The molecule has 0 aliphatic carbocycles. The van der Waals surface area contributed by atoms with Crippen LogP contribution < -0.4 is 0 Å². The number of unbranched alkanes of at least 4 members (excludes halogenated alkanes) is 3. The van der Waals surface area contributed by atoms with Gasteiger partial charge in [0.15, 0.2) is 5.78 Å². The molecule has 0 rings (SSSR count). The molecule has 0 aliphatic heterocycles. The Bertz CT molecular complexity index is 157. The minimum atomic E-state index is 0.270. The lowest BCUT2D eigenvalue weighted by Gasteiger charge is -1.98.